The van der Waals surface area contributed by atoms with E-state index in [1.165, 1.54) is 5.56 Å². The van der Waals surface area contributed by atoms with Gasteiger partial charge >= 0.3 is 0 Å². The number of nitrogens with one attached hydrogen (secondary N) is 1. The molecular formula is C24H26N6O. The summed E-state index contributed by atoms with van der Waals surface area (Å²) in [6, 6.07) is 16.1. The quantitative estimate of drug-likeness (QED) is 0.686. The van der Waals surface area contributed by atoms with E-state index in [2.05, 4.69) is 38.4 Å². The molecule has 7 heteroatoms. The van der Waals surface area contributed by atoms with Gasteiger partial charge in [-0.1, -0.05) is 24.3 Å². The van der Waals surface area contributed by atoms with Gasteiger partial charge in [-0.05, 0) is 62.1 Å². The van der Waals surface area contributed by atoms with Crippen LogP contribution in [0.25, 0.3) is 0 Å². The Labute approximate surface area is 182 Å². The van der Waals surface area contributed by atoms with Crippen molar-refractivity contribution in [2.75, 3.05) is 29.9 Å². The van der Waals surface area contributed by atoms with E-state index in [9.17, 15) is 4.79 Å². The van der Waals surface area contributed by atoms with Crippen LogP contribution in [0.5, 0.6) is 0 Å². The molecule has 2 aromatic heterocycles. The van der Waals surface area contributed by atoms with E-state index >= 15 is 0 Å². The van der Waals surface area contributed by atoms with Gasteiger partial charge in [-0.3, -0.25) is 9.69 Å². The molecule has 1 atom stereocenters. The zero-order valence-electron chi connectivity index (χ0n) is 17.4. The molecule has 0 aliphatic carbocycles. The maximum Gasteiger partial charge on any atom is 0.241 e. The molecule has 1 N–H and O–H groups in total. The molecule has 0 radical (unpaired) electrons. The fourth-order valence-electron chi connectivity index (χ4n) is 4.59. The highest BCUT2D eigenvalue weighted by Crippen LogP contribution is 2.32. The van der Waals surface area contributed by atoms with Crippen LogP contribution in [0, 0.1) is 0 Å². The number of nitrogens with zero attached hydrogens (tertiary/aromatic N) is 5. The summed E-state index contributed by atoms with van der Waals surface area (Å²) in [5.41, 5.74) is 3.32. The zero-order chi connectivity index (χ0) is 21.0. The Balaban J connectivity index is 1.30. The molecule has 1 amide bonds. The Morgan fingerprint density at radius 2 is 1.87 bits per heavy atom. The van der Waals surface area contributed by atoms with Crippen molar-refractivity contribution in [1.82, 2.24) is 19.9 Å². The van der Waals surface area contributed by atoms with E-state index in [0.29, 0.717) is 18.3 Å². The Bertz CT molecular complexity index is 1060. The molecule has 2 aliphatic heterocycles. The number of fused-ring (bicyclic) bond motifs is 1. The third-order valence-electron chi connectivity index (χ3n) is 6.03. The molecular weight excluding hydrogens is 388 g/mol. The van der Waals surface area contributed by atoms with Gasteiger partial charge in [-0.2, -0.15) is 0 Å². The topological polar surface area (TPSA) is 74.2 Å². The van der Waals surface area contributed by atoms with Gasteiger partial charge in [0.05, 0.1) is 18.3 Å². The molecule has 158 valence electrons. The number of hydrogen-bond donors (Lipinski definition) is 1. The number of aromatic nitrogens is 3. The van der Waals surface area contributed by atoms with Crippen LogP contribution in [0.4, 0.5) is 17.5 Å². The third-order valence-corrected chi connectivity index (χ3v) is 6.03. The number of rotatable bonds is 5. The van der Waals surface area contributed by atoms with Crippen LogP contribution in [-0.2, 0) is 11.2 Å². The highest BCUT2D eigenvalue weighted by Gasteiger charge is 2.31. The van der Waals surface area contributed by atoms with Crippen molar-refractivity contribution in [1.29, 1.82) is 0 Å². The first kappa shape index (κ1) is 19.6. The number of benzene rings is 1. The number of aryl methyl sites for hydroxylation is 1. The average Bonchev–Trinajstić information content (AvgIpc) is 3.27. The van der Waals surface area contributed by atoms with E-state index in [-0.39, 0.29) is 11.9 Å². The number of carbonyl (C=O) groups excluding carboxylic acids is 1. The second-order valence-corrected chi connectivity index (χ2v) is 8.05. The highest BCUT2D eigenvalue weighted by atomic mass is 16.2. The van der Waals surface area contributed by atoms with Crippen molar-refractivity contribution >= 4 is 23.4 Å². The molecule has 3 aromatic rings. The molecule has 2 aliphatic rings. The number of anilines is 3. The Kier molecular flexibility index (Phi) is 5.58. The summed E-state index contributed by atoms with van der Waals surface area (Å²) in [5.74, 6) is 1.41. The average molecular weight is 415 g/mol. The summed E-state index contributed by atoms with van der Waals surface area (Å²) in [7, 11) is 0. The second kappa shape index (κ2) is 8.81. The lowest BCUT2D eigenvalue weighted by atomic mass is 10.0. The van der Waals surface area contributed by atoms with Crippen LogP contribution in [0.2, 0.25) is 0 Å². The summed E-state index contributed by atoms with van der Waals surface area (Å²) in [6.45, 7) is 2.12. The standard InChI is InChI=1S/C24H26N6O/c31-23(30-16-4-8-18-7-1-2-10-20(18)30)17-29-15-5-11-21(29)19-9-3-12-22(27-19)28-24-25-13-6-14-26-24/h1-3,6-7,9-10,12-14,21H,4-5,8,11,15-17H2,(H,25,26,27,28)/t21-/m1/s1. The molecule has 0 bridgehead atoms. The van der Waals surface area contributed by atoms with Crippen LogP contribution >= 0.6 is 0 Å². The van der Waals surface area contributed by atoms with Crippen LogP contribution in [0.3, 0.4) is 0 Å². The summed E-state index contributed by atoms with van der Waals surface area (Å²) in [4.78, 5) is 30.7. The fourth-order valence-corrected chi connectivity index (χ4v) is 4.59. The smallest absolute Gasteiger partial charge is 0.241 e. The number of pyridine rings is 1. The molecule has 4 heterocycles. The van der Waals surface area contributed by atoms with Gasteiger partial charge in [0, 0.05) is 24.6 Å². The van der Waals surface area contributed by atoms with Crippen molar-refractivity contribution in [3.8, 4) is 0 Å². The number of amides is 1. The molecule has 0 spiro atoms. The van der Waals surface area contributed by atoms with Gasteiger partial charge in [0.25, 0.3) is 0 Å². The largest absolute Gasteiger partial charge is 0.311 e. The van der Waals surface area contributed by atoms with Crippen LogP contribution in [0.1, 0.15) is 36.6 Å². The lowest BCUT2D eigenvalue weighted by molar-refractivity contribution is -0.120. The minimum Gasteiger partial charge on any atom is -0.311 e. The highest BCUT2D eigenvalue weighted by molar-refractivity contribution is 5.96. The second-order valence-electron chi connectivity index (χ2n) is 8.05. The monoisotopic (exact) mass is 414 g/mol. The molecule has 5 rings (SSSR count). The number of para-hydroxylation sites is 1. The van der Waals surface area contributed by atoms with Crippen LogP contribution in [0.15, 0.2) is 60.9 Å². The number of likely N-dealkylation sites (tertiary alicyclic amines) is 1. The predicted molar refractivity (Wildman–Crippen MR) is 120 cm³/mol. The van der Waals surface area contributed by atoms with Crippen LogP contribution < -0.4 is 10.2 Å². The SMILES string of the molecule is O=C(CN1CCC[C@@H]1c1cccc(Nc2ncccn2)n1)N1CCCc2ccccc21. The van der Waals surface area contributed by atoms with Gasteiger partial charge < -0.3 is 10.2 Å². The van der Waals surface area contributed by atoms with Crippen molar-refractivity contribution in [3.05, 3.63) is 72.2 Å². The summed E-state index contributed by atoms with van der Waals surface area (Å²) in [6.07, 6.45) is 7.52. The fraction of sp³-hybridized carbons (Fsp3) is 0.333. The molecule has 1 aromatic carbocycles. The first-order valence-electron chi connectivity index (χ1n) is 10.9. The Hall–Kier alpha value is -3.32. The summed E-state index contributed by atoms with van der Waals surface area (Å²) >= 11 is 0. The summed E-state index contributed by atoms with van der Waals surface area (Å²) < 4.78 is 0. The van der Waals surface area contributed by atoms with Crippen molar-refractivity contribution in [3.63, 3.8) is 0 Å². The molecule has 1 saturated heterocycles. The van der Waals surface area contributed by atoms with E-state index < -0.39 is 0 Å². The molecule has 7 nitrogen and oxygen atoms in total. The summed E-state index contributed by atoms with van der Waals surface area (Å²) in [5, 5.41) is 3.16. The molecule has 0 unspecified atom stereocenters. The molecule has 31 heavy (non-hydrogen) atoms. The van der Waals surface area contributed by atoms with Gasteiger partial charge in [0.15, 0.2) is 0 Å². The predicted octanol–water partition coefficient (Wildman–Crippen LogP) is 3.73. The van der Waals surface area contributed by atoms with Gasteiger partial charge in [0.1, 0.15) is 5.82 Å². The molecule has 1 fully saturated rings. The normalized spacial score (nSPS) is 18.6. The van der Waals surface area contributed by atoms with Crippen LogP contribution in [-0.4, -0.2) is 45.4 Å². The lowest BCUT2D eigenvalue weighted by Crippen LogP contribution is -2.42. The number of carbonyl (C=O) groups is 1. The van der Waals surface area contributed by atoms with Gasteiger partial charge in [0.2, 0.25) is 11.9 Å². The minimum atomic E-state index is 0.141. The Morgan fingerprint density at radius 1 is 1.00 bits per heavy atom. The Morgan fingerprint density at radius 3 is 2.77 bits per heavy atom. The van der Waals surface area contributed by atoms with E-state index in [1.54, 1.807) is 18.5 Å². The van der Waals surface area contributed by atoms with Gasteiger partial charge in [-0.25, -0.2) is 15.0 Å². The van der Waals surface area contributed by atoms with E-state index in [4.69, 9.17) is 4.98 Å². The molecule has 0 saturated carbocycles. The maximum atomic E-state index is 13.2. The van der Waals surface area contributed by atoms with Crippen molar-refractivity contribution in [2.45, 2.75) is 31.7 Å². The van der Waals surface area contributed by atoms with Crippen molar-refractivity contribution in [2.24, 2.45) is 0 Å². The number of hydrogen-bond acceptors (Lipinski definition) is 6. The first-order chi connectivity index (χ1) is 15.3. The van der Waals surface area contributed by atoms with E-state index in [0.717, 1.165) is 50.2 Å². The lowest BCUT2D eigenvalue weighted by Gasteiger charge is -2.32. The van der Waals surface area contributed by atoms with E-state index in [1.807, 2.05) is 29.2 Å². The van der Waals surface area contributed by atoms with Crippen molar-refractivity contribution < 1.29 is 4.79 Å². The van der Waals surface area contributed by atoms with Gasteiger partial charge in [-0.15, -0.1) is 0 Å². The minimum absolute atomic E-state index is 0.141. The maximum absolute atomic E-state index is 13.2. The first-order valence-corrected chi connectivity index (χ1v) is 10.9. The third kappa shape index (κ3) is 4.27. The zero-order valence-corrected chi connectivity index (χ0v) is 17.4.